The van der Waals surface area contributed by atoms with Crippen molar-refractivity contribution in [3.8, 4) is 11.1 Å². The number of benzene rings is 4. The van der Waals surface area contributed by atoms with Gasteiger partial charge in [-0.3, -0.25) is 0 Å². The lowest BCUT2D eigenvalue weighted by Gasteiger charge is -2.26. The Kier molecular flexibility index (Phi) is 12.6. The summed E-state index contributed by atoms with van der Waals surface area (Å²) in [5.74, 6) is 0. The summed E-state index contributed by atoms with van der Waals surface area (Å²) in [5, 5.41) is 0. The highest BCUT2D eigenvalue weighted by atomic mass is 14.3. The molecule has 0 aliphatic rings. The van der Waals surface area contributed by atoms with Crippen molar-refractivity contribution in [2.75, 3.05) is 0 Å². The molecule has 4 rings (SSSR count). The van der Waals surface area contributed by atoms with Crippen LogP contribution < -0.4 is 0 Å². The highest BCUT2D eigenvalue weighted by Gasteiger charge is 2.22. The second-order valence-corrected chi connectivity index (χ2v) is 8.09. The molecule has 0 spiro atoms. The van der Waals surface area contributed by atoms with Gasteiger partial charge in [0.2, 0.25) is 0 Å². The summed E-state index contributed by atoms with van der Waals surface area (Å²) in [6.07, 6.45) is 0. The minimum Gasteiger partial charge on any atom is -0.0683 e. The first-order valence-electron chi connectivity index (χ1n) is 12.2. The van der Waals surface area contributed by atoms with Gasteiger partial charge in [0.15, 0.2) is 0 Å². The maximum Gasteiger partial charge on any atom is 0.0146 e. The molecule has 0 saturated heterocycles. The van der Waals surface area contributed by atoms with E-state index < -0.39 is 0 Å². The van der Waals surface area contributed by atoms with Crippen LogP contribution in [0.4, 0.5) is 0 Å². The average Bonchev–Trinajstić information content (AvgIpc) is 2.88. The van der Waals surface area contributed by atoms with E-state index in [-0.39, 0.29) is 5.41 Å². The van der Waals surface area contributed by atoms with Gasteiger partial charge in [-0.15, -0.1) is 0 Å². The van der Waals surface area contributed by atoms with E-state index in [1.807, 2.05) is 39.8 Å². The summed E-state index contributed by atoms with van der Waals surface area (Å²) < 4.78 is 0. The van der Waals surface area contributed by atoms with E-state index >= 15 is 0 Å². The number of rotatable bonds is 3. The Labute approximate surface area is 203 Å². The molecular formula is C33H42. The molecular weight excluding hydrogens is 396 g/mol. The first kappa shape index (κ1) is 27.9. The van der Waals surface area contributed by atoms with Gasteiger partial charge in [-0.05, 0) is 36.1 Å². The summed E-state index contributed by atoms with van der Waals surface area (Å²) in [6, 6.07) is 38.4. The van der Waals surface area contributed by atoms with Crippen molar-refractivity contribution >= 4 is 0 Å². The molecule has 0 amide bonds. The summed E-state index contributed by atoms with van der Waals surface area (Å²) in [5.41, 5.74) is 7.98. The lowest BCUT2D eigenvalue weighted by atomic mass is 9.78. The van der Waals surface area contributed by atoms with Crippen molar-refractivity contribution in [2.24, 2.45) is 0 Å². The Hall–Kier alpha value is -3.12. The predicted octanol–water partition coefficient (Wildman–Crippen LogP) is 10.0. The van der Waals surface area contributed by atoms with Crippen LogP contribution in [0.3, 0.4) is 0 Å². The lowest BCUT2D eigenvalue weighted by molar-refractivity contribution is 0.640. The highest BCUT2D eigenvalue weighted by Crippen LogP contribution is 2.31. The zero-order chi connectivity index (χ0) is 24.7. The Morgan fingerprint density at radius 3 is 0.939 bits per heavy atom. The second kappa shape index (κ2) is 14.9. The average molecular weight is 439 g/mol. The Balaban J connectivity index is 0.000000298. The highest BCUT2D eigenvalue weighted by molar-refractivity contribution is 5.62. The van der Waals surface area contributed by atoms with E-state index in [1.165, 1.54) is 33.4 Å². The van der Waals surface area contributed by atoms with Crippen molar-refractivity contribution in [3.63, 3.8) is 0 Å². The fourth-order valence-corrected chi connectivity index (χ4v) is 3.37. The van der Waals surface area contributed by atoms with E-state index in [0.29, 0.717) is 0 Å². The van der Waals surface area contributed by atoms with Crippen LogP contribution in [0, 0.1) is 13.8 Å². The van der Waals surface area contributed by atoms with Crippen molar-refractivity contribution < 1.29 is 0 Å². The van der Waals surface area contributed by atoms with Gasteiger partial charge in [0.25, 0.3) is 0 Å². The molecule has 0 saturated carbocycles. The summed E-state index contributed by atoms with van der Waals surface area (Å²) in [7, 11) is 0. The van der Waals surface area contributed by atoms with Gasteiger partial charge >= 0.3 is 0 Å². The predicted molar refractivity (Wildman–Crippen MR) is 149 cm³/mol. The molecule has 0 bridgehead atoms. The Bertz CT molecular complexity index is 908. The molecule has 4 aromatic rings. The minimum absolute atomic E-state index is 0.0708. The molecule has 0 aromatic heterocycles. The van der Waals surface area contributed by atoms with E-state index in [2.05, 4.69) is 125 Å². The monoisotopic (exact) mass is 438 g/mol. The molecule has 174 valence electrons. The summed E-state index contributed by atoms with van der Waals surface area (Å²) >= 11 is 0. The maximum absolute atomic E-state index is 2.28. The molecule has 0 radical (unpaired) electrons. The van der Waals surface area contributed by atoms with Crippen molar-refractivity contribution in [3.05, 3.63) is 131 Å². The third-order valence-electron chi connectivity index (χ3n) is 5.43. The molecule has 0 unspecified atom stereocenters. The van der Waals surface area contributed by atoms with Crippen LogP contribution in [0.1, 0.15) is 63.8 Å². The molecule has 0 heterocycles. The largest absolute Gasteiger partial charge is 0.0683 e. The van der Waals surface area contributed by atoms with E-state index in [0.717, 1.165) is 0 Å². The summed E-state index contributed by atoms with van der Waals surface area (Å²) in [6.45, 7) is 16.8. The molecule has 0 atom stereocenters. The molecule has 0 aliphatic carbocycles. The molecule has 0 aliphatic heterocycles. The van der Waals surface area contributed by atoms with Crippen LogP contribution in [-0.2, 0) is 5.41 Å². The third-order valence-corrected chi connectivity index (χ3v) is 5.43. The van der Waals surface area contributed by atoms with Crippen LogP contribution in [0.2, 0.25) is 0 Å². The van der Waals surface area contributed by atoms with Crippen LogP contribution in [0.25, 0.3) is 11.1 Å². The van der Waals surface area contributed by atoms with Gasteiger partial charge in [0, 0.05) is 5.41 Å². The van der Waals surface area contributed by atoms with E-state index in [9.17, 15) is 0 Å². The fraction of sp³-hybridized carbons (Fsp3) is 0.273. The SMILES string of the molecule is CC.CC.Cc1ccc(C(C)(C)c2ccc(C)cc2)cc1.c1ccc(-c2ccccc2)cc1. The van der Waals surface area contributed by atoms with Gasteiger partial charge in [-0.25, -0.2) is 0 Å². The first-order chi connectivity index (χ1) is 16.0. The molecule has 0 nitrogen and oxygen atoms in total. The van der Waals surface area contributed by atoms with Gasteiger partial charge in [-0.1, -0.05) is 162 Å². The Morgan fingerprint density at radius 2 is 0.667 bits per heavy atom. The normalized spacial score (nSPS) is 9.82. The van der Waals surface area contributed by atoms with Crippen molar-refractivity contribution in [1.29, 1.82) is 0 Å². The second-order valence-electron chi connectivity index (χ2n) is 8.09. The van der Waals surface area contributed by atoms with E-state index in [1.54, 1.807) is 0 Å². The van der Waals surface area contributed by atoms with Crippen molar-refractivity contribution in [1.82, 2.24) is 0 Å². The van der Waals surface area contributed by atoms with Gasteiger partial charge in [0.05, 0.1) is 0 Å². The standard InChI is InChI=1S/C17H20.C12H10.2C2H6/c1-13-5-9-15(10-6-13)17(3,4)16-11-7-14(2)8-12-16;1-3-7-11(8-4-1)12-9-5-2-6-10-12;2*1-2/h5-12H,1-4H3;1-10H;2*1-2H3. The topological polar surface area (TPSA) is 0 Å². The number of hydrogen-bond acceptors (Lipinski definition) is 0. The van der Waals surface area contributed by atoms with Crippen LogP contribution in [0.15, 0.2) is 109 Å². The molecule has 0 fully saturated rings. The van der Waals surface area contributed by atoms with E-state index in [4.69, 9.17) is 0 Å². The van der Waals surface area contributed by atoms with Gasteiger partial charge in [0.1, 0.15) is 0 Å². The van der Waals surface area contributed by atoms with Crippen LogP contribution >= 0.6 is 0 Å². The van der Waals surface area contributed by atoms with Gasteiger partial charge in [-0.2, -0.15) is 0 Å². The maximum atomic E-state index is 2.28. The first-order valence-corrected chi connectivity index (χ1v) is 12.2. The molecule has 0 N–H and O–H groups in total. The quantitative estimate of drug-likeness (QED) is 0.298. The molecule has 4 aromatic carbocycles. The zero-order valence-electron chi connectivity index (χ0n) is 21.9. The van der Waals surface area contributed by atoms with Crippen molar-refractivity contribution in [2.45, 2.75) is 60.8 Å². The minimum atomic E-state index is 0.0708. The number of hydrogen-bond donors (Lipinski definition) is 0. The number of aryl methyl sites for hydroxylation is 2. The third kappa shape index (κ3) is 8.73. The smallest absolute Gasteiger partial charge is 0.0146 e. The van der Waals surface area contributed by atoms with Gasteiger partial charge < -0.3 is 0 Å². The zero-order valence-corrected chi connectivity index (χ0v) is 21.9. The van der Waals surface area contributed by atoms with Crippen LogP contribution in [-0.4, -0.2) is 0 Å². The molecule has 0 heteroatoms. The molecule has 33 heavy (non-hydrogen) atoms. The van der Waals surface area contributed by atoms with Crippen LogP contribution in [0.5, 0.6) is 0 Å². The lowest BCUT2D eigenvalue weighted by Crippen LogP contribution is -2.18. The summed E-state index contributed by atoms with van der Waals surface area (Å²) in [4.78, 5) is 0. The fourth-order valence-electron chi connectivity index (χ4n) is 3.37. The Morgan fingerprint density at radius 1 is 0.394 bits per heavy atom.